The highest BCUT2D eigenvalue weighted by Gasteiger charge is 2.06. The van der Waals surface area contributed by atoms with Crippen molar-refractivity contribution in [1.29, 1.82) is 0 Å². The van der Waals surface area contributed by atoms with Gasteiger partial charge >= 0.3 is 0 Å². The average Bonchev–Trinajstić information content (AvgIpc) is 2.49. The first-order valence-electron chi connectivity index (χ1n) is 7.32. The summed E-state index contributed by atoms with van der Waals surface area (Å²) in [5, 5.41) is 4.15. The number of ether oxygens (including phenoxy) is 1. The predicted octanol–water partition coefficient (Wildman–Crippen LogP) is 3.78. The van der Waals surface area contributed by atoms with Gasteiger partial charge in [0.15, 0.2) is 5.96 Å². The number of nitrogens with one attached hydrogen (secondary N) is 1. The van der Waals surface area contributed by atoms with E-state index in [-0.39, 0.29) is 24.0 Å². The Labute approximate surface area is 156 Å². The Kier molecular flexibility index (Phi) is 12.6. The lowest BCUT2D eigenvalue weighted by Gasteiger charge is -2.22. The van der Waals surface area contributed by atoms with Crippen LogP contribution < -0.4 is 5.32 Å². The van der Waals surface area contributed by atoms with Gasteiger partial charge in [0.2, 0.25) is 0 Å². The Hall–Kier alpha value is -0.530. The number of halogens is 2. The molecule has 1 rings (SSSR count). The first kappa shape index (κ1) is 21.5. The first-order chi connectivity index (χ1) is 10.2. The smallest absolute Gasteiger partial charge is 0.193 e. The van der Waals surface area contributed by atoms with Crippen molar-refractivity contribution < 1.29 is 4.74 Å². The Balaban J connectivity index is 0.00000441. The molecule has 126 valence electrons. The molecule has 0 bridgehead atoms. The van der Waals surface area contributed by atoms with Gasteiger partial charge in [-0.15, -0.1) is 24.0 Å². The predicted molar refractivity (Wildman–Crippen MR) is 105 cm³/mol. The second-order valence-electron chi connectivity index (χ2n) is 5.01. The van der Waals surface area contributed by atoms with E-state index < -0.39 is 0 Å². The van der Waals surface area contributed by atoms with Crippen LogP contribution in [0, 0.1) is 0 Å². The highest BCUT2D eigenvalue weighted by molar-refractivity contribution is 14.0. The van der Waals surface area contributed by atoms with Crippen molar-refractivity contribution in [1.82, 2.24) is 10.2 Å². The Bertz CT molecular complexity index is 426. The van der Waals surface area contributed by atoms with E-state index in [1.807, 2.05) is 38.4 Å². The molecular formula is C16H27ClIN3O. The molecule has 0 aliphatic rings. The van der Waals surface area contributed by atoms with Gasteiger partial charge in [-0.05, 0) is 37.0 Å². The molecule has 1 N–H and O–H groups in total. The maximum atomic E-state index is 5.90. The number of nitrogens with zero attached hydrogens (tertiary/aromatic N) is 2. The quantitative estimate of drug-likeness (QED) is 0.290. The summed E-state index contributed by atoms with van der Waals surface area (Å²) in [7, 11) is 5.59. The fraction of sp³-hybridized carbons (Fsp3) is 0.562. The first-order valence-corrected chi connectivity index (χ1v) is 7.70. The van der Waals surface area contributed by atoms with Gasteiger partial charge in [0, 0.05) is 45.9 Å². The third-order valence-corrected chi connectivity index (χ3v) is 3.47. The lowest BCUT2D eigenvalue weighted by molar-refractivity contribution is 0.192. The fourth-order valence-corrected chi connectivity index (χ4v) is 2.20. The Morgan fingerprint density at radius 2 is 1.91 bits per heavy atom. The van der Waals surface area contributed by atoms with E-state index >= 15 is 0 Å². The van der Waals surface area contributed by atoms with Gasteiger partial charge in [-0.1, -0.05) is 23.7 Å². The van der Waals surface area contributed by atoms with Crippen LogP contribution in [-0.2, 0) is 11.3 Å². The van der Waals surface area contributed by atoms with Crippen molar-refractivity contribution in [2.24, 2.45) is 4.99 Å². The zero-order valence-corrected chi connectivity index (χ0v) is 16.7. The molecule has 6 heteroatoms. The standard InChI is InChI=1S/C16H26ClN3O.HI/c1-18-16(19-11-5-4-6-12-21-3)20(2)13-14-7-9-15(17)10-8-14;/h7-10H,4-6,11-13H2,1-3H3,(H,18,19);1H. The lowest BCUT2D eigenvalue weighted by atomic mass is 10.2. The van der Waals surface area contributed by atoms with E-state index in [0.29, 0.717) is 0 Å². The van der Waals surface area contributed by atoms with E-state index in [4.69, 9.17) is 16.3 Å². The van der Waals surface area contributed by atoms with Crippen LogP contribution in [-0.4, -0.2) is 45.2 Å². The van der Waals surface area contributed by atoms with Crippen molar-refractivity contribution in [3.8, 4) is 0 Å². The second-order valence-corrected chi connectivity index (χ2v) is 5.45. The molecule has 0 aromatic heterocycles. The lowest BCUT2D eigenvalue weighted by Crippen LogP contribution is -2.38. The highest BCUT2D eigenvalue weighted by atomic mass is 127. The topological polar surface area (TPSA) is 36.9 Å². The van der Waals surface area contributed by atoms with Crippen LogP contribution in [0.4, 0.5) is 0 Å². The SMILES string of the molecule is CN=C(NCCCCCOC)N(C)Cc1ccc(Cl)cc1.I. The number of methoxy groups -OCH3 is 1. The molecule has 22 heavy (non-hydrogen) atoms. The summed E-state index contributed by atoms with van der Waals surface area (Å²) < 4.78 is 5.04. The van der Waals surface area contributed by atoms with E-state index in [0.717, 1.165) is 43.5 Å². The molecule has 0 atom stereocenters. The summed E-state index contributed by atoms with van der Waals surface area (Å²) in [4.78, 5) is 6.43. The third kappa shape index (κ3) is 8.80. The summed E-state index contributed by atoms with van der Waals surface area (Å²) in [5.41, 5.74) is 1.21. The van der Waals surface area contributed by atoms with Gasteiger partial charge in [-0.3, -0.25) is 4.99 Å². The van der Waals surface area contributed by atoms with Gasteiger partial charge in [0.1, 0.15) is 0 Å². The van der Waals surface area contributed by atoms with Crippen LogP contribution in [0.15, 0.2) is 29.3 Å². The minimum atomic E-state index is 0. The van der Waals surface area contributed by atoms with Gasteiger partial charge in [0.05, 0.1) is 0 Å². The molecule has 1 aromatic rings. The van der Waals surface area contributed by atoms with Gasteiger partial charge < -0.3 is 15.0 Å². The average molecular weight is 440 g/mol. The molecule has 0 aliphatic heterocycles. The zero-order valence-electron chi connectivity index (χ0n) is 13.6. The number of hydrogen-bond acceptors (Lipinski definition) is 2. The monoisotopic (exact) mass is 439 g/mol. The molecular weight excluding hydrogens is 413 g/mol. The van der Waals surface area contributed by atoms with E-state index in [2.05, 4.69) is 15.2 Å². The maximum absolute atomic E-state index is 5.90. The summed E-state index contributed by atoms with van der Waals surface area (Å²) in [6.07, 6.45) is 3.40. The summed E-state index contributed by atoms with van der Waals surface area (Å²) >= 11 is 5.90. The Morgan fingerprint density at radius 1 is 1.23 bits per heavy atom. The zero-order chi connectivity index (χ0) is 15.5. The van der Waals surface area contributed by atoms with Crippen LogP contribution in [0.3, 0.4) is 0 Å². The number of benzene rings is 1. The molecule has 1 aromatic carbocycles. The highest BCUT2D eigenvalue weighted by Crippen LogP contribution is 2.11. The van der Waals surface area contributed by atoms with Crippen molar-refractivity contribution in [2.75, 3.05) is 34.4 Å². The number of aliphatic imine (C=N–C) groups is 1. The number of guanidine groups is 1. The summed E-state index contributed by atoms with van der Waals surface area (Å²) in [6, 6.07) is 7.90. The molecule has 0 saturated heterocycles. The molecule has 0 heterocycles. The molecule has 0 aliphatic carbocycles. The van der Waals surface area contributed by atoms with Crippen molar-refractivity contribution in [3.63, 3.8) is 0 Å². The number of rotatable bonds is 8. The van der Waals surface area contributed by atoms with Crippen LogP contribution in [0.25, 0.3) is 0 Å². The third-order valence-electron chi connectivity index (χ3n) is 3.21. The summed E-state index contributed by atoms with van der Waals surface area (Å²) in [6.45, 7) is 2.58. The van der Waals surface area contributed by atoms with Crippen LogP contribution >= 0.6 is 35.6 Å². The molecule has 0 fully saturated rings. The Morgan fingerprint density at radius 3 is 2.50 bits per heavy atom. The van der Waals surface area contributed by atoms with E-state index in [9.17, 15) is 0 Å². The normalized spacial score (nSPS) is 11.0. The molecule has 0 radical (unpaired) electrons. The van der Waals surface area contributed by atoms with Gasteiger partial charge in [-0.2, -0.15) is 0 Å². The molecule has 0 unspecified atom stereocenters. The minimum absolute atomic E-state index is 0. The number of unbranched alkanes of at least 4 members (excludes halogenated alkanes) is 2. The number of hydrogen-bond donors (Lipinski definition) is 1. The van der Waals surface area contributed by atoms with Crippen molar-refractivity contribution in [3.05, 3.63) is 34.9 Å². The maximum Gasteiger partial charge on any atom is 0.193 e. The molecule has 4 nitrogen and oxygen atoms in total. The second kappa shape index (κ2) is 13.0. The fourth-order valence-electron chi connectivity index (χ4n) is 2.07. The summed E-state index contributed by atoms with van der Waals surface area (Å²) in [5.74, 6) is 0.914. The minimum Gasteiger partial charge on any atom is -0.385 e. The van der Waals surface area contributed by atoms with Gasteiger partial charge in [-0.25, -0.2) is 0 Å². The van der Waals surface area contributed by atoms with Crippen LogP contribution in [0.2, 0.25) is 5.02 Å². The molecule has 0 amide bonds. The van der Waals surface area contributed by atoms with E-state index in [1.165, 1.54) is 12.0 Å². The molecule has 0 spiro atoms. The van der Waals surface area contributed by atoms with Crippen molar-refractivity contribution >= 4 is 41.5 Å². The van der Waals surface area contributed by atoms with Crippen LogP contribution in [0.1, 0.15) is 24.8 Å². The van der Waals surface area contributed by atoms with Gasteiger partial charge in [0.25, 0.3) is 0 Å². The largest absolute Gasteiger partial charge is 0.385 e. The van der Waals surface area contributed by atoms with Crippen molar-refractivity contribution in [2.45, 2.75) is 25.8 Å². The van der Waals surface area contributed by atoms with Crippen LogP contribution in [0.5, 0.6) is 0 Å². The van der Waals surface area contributed by atoms with E-state index in [1.54, 1.807) is 7.11 Å². The molecule has 0 saturated carbocycles.